The summed E-state index contributed by atoms with van der Waals surface area (Å²) >= 11 is 12.1. The fourth-order valence-corrected chi connectivity index (χ4v) is 3.60. The van der Waals surface area contributed by atoms with Gasteiger partial charge in [0.15, 0.2) is 0 Å². The average molecular weight is 396 g/mol. The SMILES string of the molecule is Cc1oc(-c2cc(Cl)cc(Cl)c2)cc1C(=O)Nc1cccc2ccccc12. The van der Waals surface area contributed by atoms with Crippen LogP contribution in [0.3, 0.4) is 0 Å². The summed E-state index contributed by atoms with van der Waals surface area (Å²) in [4.78, 5) is 12.8. The first-order valence-corrected chi connectivity index (χ1v) is 9.13. The van der Waals surface area contributed by atoms with Crippen LogP contribution in [-0.2, 0) is 0 Å². The number of halogens is 2. The van der Waals surface area contributed by atoms with Gasteiger partial charge < -0.3 is 9.73 Å². The molecule has 0 unspecified atom stereocenters. The van der Waals surface area contributed by atoms with Gasteiger partial charge in [0.1, 0.15) is 11.5 Å². The van der Waals surface area contributed by atoms with E-state index in [1.54, 1.807) is 31.2 Å². The lowest BCUT2D eigenvalue weighted by atomic mass is 10.1. The largest absolute Gasteiger partial charge is 0.461 e. The van der Waals surface area contributed by atoms with Crippen molar-refractivity contribution < 1.29 is 9.21 Å². The fraction of sp³-hybridized carbons (Fsp3) is 0.0455. The predicted molar refractivity (Wildman–Crippen MR) is 111 cm³/mol. The van der Waals surface area contributed by atoms with Crippen LogP contribution in [0.1, 0.15) is 16.1 Å². The fourth-order valence-electron chi connectivity index (χ4n) is 3.07. The van der Waals surface area contributed by atoms with Gasteiger partial charge in [-0.15, -0.1) is 0 Å². The van der Waals surface area contributed by atoms with Crippen molar-refractivity contribution in [2.75, 3.05) is 5.32 Å². The van der Waals surface area contributed by atoms with Gasteiger partial charge in [-0.05, 0) is 42.6 Å². The number of hydrogen-bond acceptors (Lipinski definition) is 2. The van der Waals surface area contributed by atoms with E-state index in [2.05, 4.69) is 5.32 Å². The highest BCUT2D eigenvalue weighted by atomic mass is 35.5. The Labute approximate surface area is 166 Å². The van der Waals surface area contributed by atoms with Crippen LogP contribution in [0.5, 0.6) is 0 Å². The smallest absolute Gasteiger partial charge is 0.259 e. The third-order valence-corrected chi connectivity index (χ3v) is 4.78. The maximum absolute atomic E-state index is 12.8. The monoisotopic (exact) mass is 395 g/mol. The number of aryl methyl sites for hydroxylation is 1. The second-order valence-corrected chi connectivity index (χ2v) is 7.09. The molecule has 0 aliphatic carbocycles. The molecule has 134 valence electrons. The minimum atomic E-state index is -0.230. The van der Waals surface area contributed by atoms with Gasteiger partial charge in [0, 0.05) is 26.7 Å². The van der Waals surface area contributed by atoms with Crippen LogP contribution in [0.25, 0.3) is 22.1 Å². The minimum absolute atomic E-state index is 0.230. The number of furan rings is 1. The molecule has 0 aliphatic heterocycles. The average Bonchev–Trinajstić information content (AvgIpc) is 3.03. The van der Waals surface area contributed by atoms with Gasteiger partial charge in [-0.1, -0.05) is 59.6 Å². The molecule has 0 radical (unpaired) electrons. The zero-order chi connectivity index (χ0) is 19.0. The molecule has 3 aromatic carbocycles. The summed E-state index contributed by atoms with van der Waals surface area (Å²) in [5.41, 5.74) is 1.94. The molecule has 5 heteroatoms. The first-order chi connectivity index (χ1) is 13.0. The zero-order valence-corrected chi connectivity index (χ0v) is 15.9. The number of carbonyl (C=O) groups excluding carboxylic acids is 1. The van der Waals surface area contributed by atoms with Gasteiger partial charge in [0.25, 0.3) is 5.91 Å². The molecule has 3 nitrogen and oxygen atoms in total. The Kier molecular flexibility index (Phi) is 4.65. The lowest BCUT2D eigenvalue weighted by Crippen LogP contribution is -2.12. The predicted octanol–water partition coefficient (Wildman–Crippen LogP) is 6.97. The highest BCUT2D eigenvalue weighted by Gasteiger charge is 2.17. The van der Waals surface area contributed by atoms with Crippen molar-refractivity contribution >= 4 is 45.6 Å². The van der Waals surface area contributed by atoms with E-state index in [0.29, 0.717) is 27.1 Å². The second kappa shape index (κ2) is 7.10. The summed E-state index contributed by atoms with van der Waals surface area (Å²) in [6.45, 7) is 1.76. The van der Waals surface area contributed by atoms with Crippen LogP contribution in [0, 0.1) is 6.92 Å². The number of nitrogens with one attached hydrogen (secondary N) is 1. The van der Waals surface area contributed by atoms with Crippen LogP contribution < -0.4 is 5.32 Å². The van der Waals surface area contributed by atoms with Crippen molar-refractivity contribution in [3.8, 4) is 11.3 Å². The highest BCUT2D eigenvalue weighted by molar-refractivity contribution is 6.35. The normalized spacial score (nSPS) is 10.9. The van der Waals surface area contributed by atoms with Crippen LogP contribution >= 0.6 is 23.2 Å². The van der Waals surface area contributed by atoms with Crippen LogP contribution in [0.4, 0.5) is 5.69 Å². The molecule has 0 aliphatic rings. The molecule has 0 fully saturated rings. The topological polar surface area (TPSA) is 42.2 Å². The molecule has 4 aromatic rings. The van der Waals surface area contributed by atoms with Crippen molar-refractivity contribution in [1.82, 2.24) is 0 Å². The molecule has 1 heterocycles. The van der Waals surface area contributed by atoms with Crippen LogP contribution in [-0.4, -0.2) is 5.91 Å². The zero-order valence-electron chi connectivity index (χ0n) is 14.4. The van der Waals surface area contributed by atoms with Crippen molar-refractivity contribution in [1.29, 1.82) is 0 Å². The van der Waals surface area contributed by atoms with Gasteiger partial charge in [0.2, 0.25) is 0 Å². The first-order valence-electron chi connectivity index (χ1n) is 8.37. The molecule has 1 N–H and O–H groups in total. The van der Waals surface area contributed by atoms with Crippen molar-refractivity contribution in [3.63, 3.8) is 0 Å². The van der Waals surface area contributed by atoms with Gasteiger partial charge in [0.05, 0.1) is 5.56 Å². The van der Waals surface area contributed by atoms with E-state index < -0.39 is 0 Å². The van der Waals surface area contributed by atoms with Crippen LogP contribution in [0.2, 0.25) is 10.0 Å². The Morgan fingerprint density at radius 2 is 1.63 bits per heavy atom. The Hall–Kier alpha value is -2.75. The Morgan fingerprint density at radius 1 is 0.926 bits per heavy atom. The Morgan fingerprint density at radius 3 is 2.41 bits per heavy atom. The summed E-state index contributed by atoms with van der Waals surface area (Å²) in [7, 11) is 0. The van der Waals surface area contributed by atoms with Gasteiger partial charge >= 0.3 is 0 Å². The summed E-state index contributed by atoms with van der Waals surface area (Å²) in [5.74, 6) is 0.839. The van der Waals surface area contributed by atoms with E-state index in [1.807, 2.05) is 42.5 Å². The van der Waals surface area contributed by atoms with E-state index in [4.69, 9.17) is 27.6 Å². The van der Waals surface area contributed by atoms with Gasteiger partial charge in [-0.3, -0.25) is 4.79 Å². The molecule has 0 bridgehead atoms. The van der Waals surface area contributed by atoms with Gasteiger partial charge in [-0.25, -0.2) is 0 Å². The quantitative estimate of drug-likeness (QED) is 0.406. The molecule has 27 heavy (non-hydrogen) atoms. The number of rotatable bonds is 3. The molecule has 0 spiro atoms. The number of fused-ring (bicyclic) bond motifs is 1. The van der Waals surface area contributed by atoms with E-state index in [9.17, 15) is 4.79 Å². The maximum atomic E-state index is 12.8. The summed E-state index contributed by atoms with van der Waals surface area (Å²) in [6.07, 6.45) is 0. The molecule has 0 saturated heterocycles. The standard InChI is InChI=1S/C22H15Cl2NO2/c1-13-19(12-21(27-13)15-9-16(23)11-17(24)10-15)22(26)25-20-8-4-6-14-5-2-3-7-18(14)20/h2-12H,1H3,(H,25,26). The number of carbonyl (C=O) groups is 1. The lowest BCUT2D eigenvalue weighted by Gasteiger charge is -2.08. The summed E-state index contributed by atoms with van der Waals surface area (Å²) in [6, 6.07) is 20.6. The van der Waals surface area contributed by atoms with E-state index >= 15 is 0 Å². The van der Waals surface area contributed by atoms with Crippen molar-refractivity contribution in [2.45, 2.75) is 6.92 Å². The molecule has 0 saturated carbocycles. The van der Waals surface area contributed by atoms with Crippen LogP contribution in [0.15, 0.2) is 71.1 Å². The number of anilines is 1. The first kappa shape index (κ1) is 17.7. The molecule has 4 rings (SSSR count). The molecule has 1 amide bonds. The van der Waals surface area contributed by atoms with Crippen molar-refractivity contribution in [2.24, 2.45) is 0 Å². The second-order valence-electron chi connectivity index (χ2n) is 6.22. The van der Waals surface area contributed by atoms with Crippen molar-refractivity contribution in [3.05, 3.63) is 88.1 Å². The third-order valence-electron chi connectivity index (χ3n) is 4.35. The van der Waals surface area contributed by atoms with E-state index in [0.717, 1.165) is 22.0 Å². The number of amides is 1. The number of benzene rings is 3. The van der Waals surface area contributed by atoms with E-state index in [-0.39, 0.29) is 5.91 Å². The Bertz CT molecular complexity index is 1140. The third kappa shape index (κ3) is 3.57. The number of hydrogen-bond donors (Lipinski definition) is 1. The summed E-state index contributed by atoms with van der Waals surface area (Å²) in [5, 5.41) is 6.04. The molecule has 0 atom stereocenters. The minimum Gasteiger partial charge on any atom is -0.461 e. The Balaban J connectivity index is 1.67. The van der Waals surface area contributed by atoms with Gasteiger partial charge in [-0.2, -0.15) is 0 Å². The molecular weight excluding hydrogens is 381 g/mol. The lowest BCUT2D eigenvalue weighted by molar-refractivity contribution is 0.102. The molecular formula is C22H15Cl2NO2. The summed E-state index contributed by atoms with van der Waals surface area (Å²) < 4.78 is 5.78. The molecule has 1 aromatic heterocycles. The maximum Gasteiger partial charge on any atom is 0.259 e. The van der Waals surface area contributed by atoms with E-state index in [1.165, 1.54) is 0 Å². The highest BCUT2D eigenvalue weighted by Crippen LogP contribution is 2.31.